The Bertz CT molecular complexity index is 760. The van der Waals surface area contributed by atoms with Crippen molar-refractivity contribution in [2.45, 2.75) is 6.92 Å². The van der Waals surface area contributed by atoms with Gasteiger partial charge in [0, 0.05) is 0 Å². The Balaban J connectivity index is 1.78. The fourth-order valence-electron chi connectivity index (χ4n) is 1.94. The maximum absolute atomic E-state index is 13.4. The van der Waals surface area contributed by atoms with Gasteiger partial charge in [-0.15, -0.1) is 0 Å². The number of nitrogens with zero attached hydrogens (tertiary/aromatic N) is 1. The van der Waals surface area contributed by atoms with E-state index in [1.54, 1.807) is 30.3 Å². The summed E-state index contributed by atoms with van der Waals surface area (Å²) in [5.74, 6) is -1.08. The molecule has 7 heteroatoms. The molecule has 0 atom stereocenters. The zero-order valence-electron chi connectivity index (χ0n) is 13.7. The van der Waals surface area contributed by atoms with Gasteiger partial charge in [0.15, 0.2) is 0 Å². The summed E-state index contributed by atoms with van der Waals surface area (Å²) in [6.07, 6.45) is 1.46. The van der Waals surface area contributed by atoms with Crippen molar-refractivity contribution < 1.29 is 18.7 Å². The molecule has 0 aromatic heterocycles. The average molecular weight is 343 g/mol. The third-order valence-corrected chi connectivity index (χ3v) is 3.12. The summed E-state index contributed by atoms with van der Waals surface area (Å²) in [5, 5.41) is 6.12. The van der Waals surface area contributed by atoms with Crippen LogP contribution in [-0.2, 0) is 4.79 Å². The summed E-state index contributed by atoms with van der Waals surface area (Å²) < 4.78 is 18.8. The first-order chi connectivity index (χ1) is 12.1. The predicted octanol–water partition coefficient (Wildman–Crippen LogP) is 2.10. The zero-order chi connectivity index (χ0) is 18.1. The lowest BCUT2D eigenvalue weighted by Crippen LogP contribution is -2.35. The second-order valence-corrected chi connectivity index (χ2v) is 4.96. The van der Waals surface area contributed by atoms with Crippen molar-refractivity contribution in [2.75, 3.05) is 13.2 Å². The number of hydrogen-bond acceptors (Lipinski definition) is 4. The fourth-order valence-corrected chi connectivity index (χ4v) is 1.94. The third kappa shape index (κ3) is 5.72. The van der Waals surface area contributed by atoms with Crippen molar-refractivity contribution in [2.24, 2.45) is 5.10 Å². The van der Waals surface area contributed by atoms with Gasteiger partial charge in [-0.1, -0.05) is 12.1 Å². The monoisotopic (exact) mass is 343 g/mol. The average Bonchev–Trinajstić information content (AvgIpc) is 2.62. The highest BCUT2D eigenvalue weighted by molar-refractivity contribution is 5.96. The zero-order valence-corrected chi connectivity index (χ0v) is 13.7. The molecule has 0 heterocycles. The number of amides is 2. The van der Waals surface area contributed by atoms with E-state index in [1.807, 2.05) is 6.92 Å². The van der Waals surface area contributed by atoms with Gasteiger partial charge in [0.2, 0.25) is 0 Å². The van der Waals surface area contributed by atoms with Gasteiger partial charge in [-0.2, -0.15) is 5.10 Å². The number of hydrazone groups is 1. The molecule has 0 fully saturated rings. The highest BCUT2D eigenvalue weighted by Gasteiger charge is 2.11. The number of hydrogen-bond donors (Lipinski definition) is 2. The van der Waals surface area contributed by atoms with Crippen LogP contribution < -0.4 is 15.5 Å². The van der Waals surface area contributed by atoms with Crippen LogP contribution in [0.15, 0.2) is 53.6 Å². The predicted molar refractivity (Wildman–Crippen MR) is 92.1 cm³/mol. The van der Waals surface area contributed by atoms with E-state index in [4.69, 9.17) is 4.74 Å². The molecule has 2 N–H and O–H groups in total. The van der Waals surface area contributed by atoms with E-state index in [9.17, 15) is 14.0 Å². The quantitative estimate of drug-likeness (QED) is 0.597. The molecule has 130 valence electrons. The topological polar surface area (TPSA) is 79.8 Å². The van der Waals surface area contributed by atoms with Gasteiger partial charge < -0.3 is 10.1 Å². The first kappa shape index (κ1) is 18.1. The number of nitrogens with one attached hydrogen (secondary N) is 2. The van der Waals surface area contributed by atoms with E-state index in [2.05, 4.69) is 15.8 Å². The van der Waals surface area contributed by atoms with Crippen molar-refractivity contribution in [3.05, 3.63) is 65.5 Å². The van der Waals surface area contributed by atoms with Crippen LogP contribution in [0.5, 0.6) is 5.75 Å². The normalized spacial score (nSPS) is 10.5. The fraction of sp³-hybridized carbons (Fsp3) is 0.167. The van der Waals surface area contributed by atoms with Gasteiger partial charge in [-0.25, -0.2) is 9.82 Å². The van der Waals surface area contributed by atoms with E-state index in [0.29, 0.717) is 6.61 Å². The molecule has 2 aromatic rings. The molecule has 0 saturated heterocycles. The van der Waals surface area contributed by atoms with Crippen LogP contribution in [0, 0.1) is 5.82 Å². The minimum Gasteiger partial charge on any atom is -0.494 e. The summed E-state index contributed by atoms with van der Waals surface area (Å²) in [6.45, 7) is 2.17. The molecular weight excluding hydrogens is 325 g/mol. The summed E-state index contributed by atoms with van der Waals surface area (Å²) in [6, 6.07) is 12.7. The van der Waals surface area contributed by atoms with Crippen molar-refractivity contribution in [3.8, 4) is 5.75 Å². The number of ether oxygens (including phenoxy) is 1. The molecule has 0 radical (unpaired) electrons. The minimum absolute atomic E-state index is 0.117. The minimum atomic E-state index is -0.663. The maximum atomic E-state index is 13.4. The maximum Gasteiger partial charge on any atom is 0.259 e. The molecule has 0 bridgehead atoms. The Kier molecular flexibility index (Phi) is 6.65. The molecule has 0 aliphatic rings. The standard InChI is InChI=1S/C18H18FN3O3/c1-2-25-14-9-7-13(8-10-14)11-21-22-17(23)12-20-18(24)15-5-3-4-6-16(15)19/h3-11H,2,12H2,1H3,(H,20,24)(H,22,23)/b21-11-. The van der Waals surface area contributed by atoms with Crippen LogP contribution in [-0.4, -0.2) is 31.2 Å². The number of rotatable bonds is 7. The lowest BCUT2D eigenvalue weighted by molar-refractivity contribution is -0.120. The van der Waals surface area contributed by atoms with Crippen LogP contribution >= 0.6 is 0 Å². The Hall–Kier alpha value is -3.22. The van der Waals surface area contributed by atoms with Gasteiger partial charge in [-0.3, -0.25) is 9.59 Å². The largest absolute Gasteiger partial charge is 0.494 e. The van der Waals surface area contributed by atoms with Gasteiger partial charge in [-0.05, 0) is 48.9 Å². The van der Waals surface area contributed by atoms with Crippen LogP contribution in [0.1, 0.15) is 22.8 Å². The summed E-state index contributed by atoms with van der Waals surface area (Å²) in [7, 11) is 0. The number of carbonyl (C=O) groups excluding carboxylic acids is 2. The molecule has 2 rings (SSSR count). The molecule has 2 amide bonds. The highest BCUT2D eigenvalue weighted by atomic mass is 19.1. The van der Waals surface area contributed by atoms with Crippen LogP contribution in [0.4, 0.5) is 4.39 Å². The molecule has 0 aliphatic carbocycles. The Morgan fingerprint density at radius 3 is 2.56 bits per heavy atom. The van der Waals surface area contributed by atoms with E-state index >= 15 is 0 Å². The van der Waals surface area contributed by atoms with E-state index in [0.717, 1.165) is 11.3 Å². The van der Waals surface area contributed by atoms with E-state index in [-0.39, 0.29) is 12.1 Å². The third-order valence-electron chi connectivity index (χ3n) is 3.12. The van der Waals surface area contributed by atoms with Gasteiger partial charge in [0.25, 0.3) is 11.8 Å². The summed E-state index contributed by atoms with van der Waals surface area (Å²) in [4.78, 5) is 23.4. The SMILES string of the molecule is CCOc1ccc(/C=N\NC(=O)CNC(=O)c2ccccc2F)cc1. The van der Waals surface area contributed by atoms with E-state index in [1.165, 1.54) is 24.4 Å². The first-order valence-electron chi connectivity index (χ1n) is 7.67. The lowest BCUT2D eigenvalue weighted by Gasteiger charge is -2.05. The Morgan fingerprint density at radius 2 is 1.88 bits per heavy atom. The summed E-state index contributed by atoms with van der Waals surface area (Å²) in [5.41, 5.74) is 2.94. The number of halogens is 1. The van der Waals surface area contributed by atoms with Crippen LogP contribution in [0.3, 0.4) is 0 Å². The van der Waals surface area contributed by atoms with Crippen molar-refractivity contribution >= 4 is 18.0 Å². The smallest absolute Gasteiger partial charge is 0.259 e. The molecule has 6 nitrogen and oxygen atoms in total. The summed E-state index contributed by atoms with van der Waals surface area (Å²) >= 11 is 0. The van der Waals surface area contributed by atoms with Crippen molar-refractivity contribution in [1.29, 1.82) is 0 Å². The molecule has 0 spiro atoms. The molecule has 25 heavy (non-hydrogen) atoms. The number of benzene rings is 2. The molecule has 0 saturated carbocycles. The van der Waals surface area contributed by atoms with E-state index < -0.39 is 17.6 Å². The van der Waals surface area contributed by atoms with Crippen LogP contribution in [0.25, 0.3) is 0 Å². The number of carbonyl (C=O) groups is 2. The Morgan fingerprint density at radius 1 is 1.16 bits per heavy atom. The van der Waals surface area contributed by atoms with Crippen molar-refractivity contribution in [1.82, 2.24) is 10.7 Å². The molecule has 0 unspecified atom stereocenters. The highest BCUT2D eigenvalue weighted by Crippen LogP contribution is 2.10. The van der Waals surface area contributed by atoms with Gasteiger partial charge in [0.05, 0.1) is 24.9 Å². The second kappa shape index (κ2) is 9.17. The van der Waals surface area contributed by atoms with Gasteiger partial charge in [0.1, 0.15) is 11.6 Å². The molecule has 2 aromatic carbocycles. The van der Waals surface area contributed by atoms with Crippen molar-refractivity contribution in [3.63, 3.8) is 0 Å². The molecular formula is C18H18FN3O3. The second-order valence-electron chi connectivity index (χ2n) is 4.96. The van der Waals surface area contributed by atoms with Crippen LogP contribution in [0.2, 0.25) is 0 Å². The van der Waals surface area contributed by atoms with Gasteiger partial charge >= 0.3 is 0 Å². The Labute approximate surface area is 144 Å². The molecule has 0 aliphatic heterocycles. The lowest BCUT2D eigenvalue weighted by atomic mass is 10.2. The first-order valence-corrected chi connectivity index (χ1v) is 7.67.